The third kappa shape index (κ3) is 1.41. The van der Waals surface area contributed by atoms with Gasteiger partial charge in [0.05, 0.1) is 0 Å². The van der Waals surface area contributed by atoms with Gasteiger partial charge in [0.1, 0.15) is 0 Å². The molecule has 5 heteroatoms. The number of carboxylic acid groups (broad SMARTS) is 1. The molecule has 5 nitrogen and oxygen atoms in total. The van der Waals surface area contributed by atoms with Gasteiger partial charge in [0.2, 0.25) is 5.89 Å². The standard InChI is InChI=1S/C8H10N2O3/c1-2-4-3-5(4)7-9-6(8(11)12)10-13-7/h4-5H,2-3H2,1H3,(H,11,12). The topological polar surface area (TPSA) is 76.2 Å². The molecule has 1 aliphatic rings. The molecule has 70 valence electrons. The molecule has 0 bridgehead atoms. The lowest BCUT2D eigenvalue weighted by Crippen LogP contribution is -1.98. The van der Waals surface area contributed by atoms with E-state index in [4.69, 9.17) is 9.63 Å². The average Bonchev–Trinajstić information content (AvgIpc) is 2.73. The van der Waals surface area contributed by atoms with Crippen molar-refractivity contribution in [3.8, 4) is 0 Å². The van der Waals surface area contributed by atoms with Crippen molar-refractivity contribution in [1.82, 2.24) is 10.1 Å². The summed E-state index contributed by atoms with van der Waals surface area (Å²) in [7, 11) is 0. The normalized spacial score (nSPS) is 25.9. The highest BCUT2D eigenvalue weighted by molar-refractivity contribution is 5.82. The smallest absolute Gasteiger partial charge is 0.377 e. The van der Waals surface area contributed by atoms with Crippen LogP contribution >= 0.6 is 0 Å². The summed E-state index contributed by atoms with van der Waals surface area (Å²) in [4.78, 5) is 14.2. The fraction of sp³-hybridized carbons (Fsp3) is 0.625. The minimum absolute atomic E-state index is 0.239. The molecule has 0 radical (unpaired) electrons. The van der Waals surface area contributed by atoms with Gasteiger partial charge in [0.25, 0.3) is 5.82 Å². The van der Waals surface area contributed by atoms with Gasteiger partial charge in [-0.25, -0.2) is 4.79 Å². The molecule has 1 fully saturated rings. The van der Waals surface area contributed by atoms with Crippen LogP contribution in [-0.2, 0) is 0 Å². The average molecular weight is 182 g/mol. The molecule has 0 amide bonds. The molecule has 0 aromatic carbocycles. The summed E-state index contributed by atoms with van der Waals surface area (Å²) in [6, 6.07) is 0. The van der Waals surface area contributed by atoms with E-state index in [1.807, 2.05) is 0 Å². The van der Waals surface area contributed by atoms with Crippen LogP contribution in [0.3, 0.4) is 0 Å². The van der Waals surface area contributed by atoms with Crippen molar-refractivity contribution in [2.24, 2.45) is 5.92 Å². The molecular formula is C8H10N2O3. The summed E-state index contributed by atoms with van der Waals surface area (Å²) in [6.07, 6.45) is 2.12. The van der Waals surface area contributed by atoms with Crippen molar-refractivity contribution < 1.29 is 14.4 Å². The zero-order chi connectivity index (χ0) is 9.42. The van der Waals surface area contributed by atoms with Crippen LogP contribution in [0.5, 0.6) is 0 Å². The fourth-order valence-corrected chi connectivity index (χ4v) is 1.47. The maximum Gasteiger partial charge on any atom is 0.377 e. The summed E-state index contributed by atoms with van der Waals surface area (Å²) in [5.41, 5.74) is 0. The number of hydrogen-bond acceptors (Lipinski definition) is 4. The van der Waals surface area contributed by atoms with Crippen LogP contribution in [0.2, 0.25) is 0 Å². The molecule has 1 heterocycles. The molecule has 1 aliphatic carbocycles. The van der Waals surface area contributed by atoms with Crippen LogP contribution in [0.1, 0.15) is 42.2 Å². The van der Waals surface area contributed by atoms with Crippen molar-refractivity contribution in [2.45, 2.75) is 25.7 Å². The van der Waals surface area contributed by atoms with Crippen LogP contribution in [0, 0.1) is 5.92 Å². The molecule has 13 heavy (non-hydrogen) atoms. The van der Waals surface area contributed by atoms with Crippen molar-refractivity contribution in [3.63, 3.8) is 0 Å². The van der Waals surface area contributed by atoms with Gasteiger partial charge < -0.3 is 9.63 Å². The van der Waals surface area contributed by atoms with E-state index in [0.717, 1.165) is 12.8 Å². The molecule has 0 spiro atoms. The van der Waals surface area contributed by atoms with Gasteiger partial charge in [-0.15, -0.1) is 0 Å². The maximum atomic E-state index is 10.4. The monoisotopic (exact) mass is 182 g/mol. The Morgan fingerprint density at radius 2 is 2.54 bits per heavy atom. The van der Waals surface area contributed by atoms with E-state index in [1.165, 1.54) is 0 Å². The van der Waals surface area contributed by atoms with Crippen LogP contribution in [0.25, 0.3) is 0 Å². The first kappa shape index (κ1) is 8.22. The number of aromatic carboxylic acids is 1. The Kier molecular flexibility index (Phi) is 1.79. The maximum absolute atomic E-state index is 10.4. The summed E-state index contributed by atoms with van der Waals surface area (Å²) in [5.74, 6) is -0.00241. The first-order valence-electron chi connectivity index (χ1n) is 4.29. The van der Waals surface area contributed by atoms with Gasteiger partial charge in [-0.2, -0.15) is 4.98 Å². The SMILES string of the molecule is CCC1CC1c1nc(C(=O)O)no1. The van der Waals surface area contributed by atoms with Gasteiger partial charge >= 0.3 is 5.97 Å². The van der Waals surface area contributed by atoms with E-state index >= 15 is 0 Å². The highest BCUT2D eigenvalue weighted by Crippen LogP contribution is 2.48. The Morgan fingerprint density at radius 1 is 1.77 bits per heavy atom. The largest absolute Gasteiger partial charge is 0.475 e. The van der Waals surface area contributed by atoms with Gasteiger partial charge in [0.15, 0.2) is 0 Å². The van der Waals surface area contributed by atoms with E-state index in [0.29, 0.717) is 17.7 Å². The second kappa shape index (κ2) is 2.83. The predicted molar refractivity (Wildman–Crippen MR) is 42.4 cm³/mol. The van der Waals surface area contributed by atoms with E-state index in [1.54, 1.807) is 0 Å². The lowest BCUT2D eigenvalue weighted by atomic mass is 10.2. The molecule has 1 N–H and O–H groups in total. The molecule has 0 aliphatic heterocycles. The number of aromatic nitrogens is 2. The molecule has 2 unspecified atom stereocenters. The summed E-state index contributed by atoms with van der Waals surface area (Å²) in [6.45, 7) is 2.10. The minimum atomic E-state index is -1.14. The summed E-state index contributed by atoms with van der Waals surface area (Å²) in [5, 5.41) is 11.9. The number of rotatable bonds is 3. The third-order valence-electron chi connectivity index (χ3n) is 2.40. The highest BCUT2D eigenvalue weighted by atomic mass is 16.5. The Balaban J connectivity index is 2.11. The minimum Gasteiger partial charge on any atom is -0.475 e. The first-order chi connectivity index (χ1) is 6.22. The van der Waals surface area contributed by atoms with Gasteiger partial charge in [-0.1, -0.05) is 13.3 Å². The quantitative estimate of drug-likeness (QED) is 0.761. The number of carboxylic acids is 1. The van der Waals surface area contributed by atoms with Crippen molar-refractivity contribution in [2.75, 3.05) is 0 Å². The lowest BCUT2D eigenvalue weighted by Gasteiger charge is -1.86. The second-order valence-corrected chi connectivity index (χ2v) is 3.27. The molecule has 2 rings (SSSR count). The predicted octanol–water partition coefficient (Wildman–Crippen LogP) is 1.28. The van der Waals surface area contributed by atoms with Crippen LogP contribution in [-0.4, -0.2) is 21.2 Å². The van der Waals surface area contributed by atoms with Crippen molar-refractivity contribution in [3.05, 3.63) is 11.7 Å². The Morgan fingerprint density at radius 3 is 3.00 bits per heavy atom. The van der Waals surface area contributed by atoms with E-state index in [9.17, 15) is 4.79 Å². The van der Waals surface area contributed by atoms with Gasteiger partial charge in [-0.3, -0.25) is 0 Å². The Labute approximate surface area is 74.8 Å². The third-order valence-corrected chi connectivity index (χ3v) is 2.40. The second-order valence-electron chi connectivity index (χ2n) is 3.27. The molecule has 0 saturated heterocycles. The summed E-state index contributed by atoms with van der Waals surface area (Å²) < 4.78 is 4.84. The molecule has 1 aromatic rings. The first-order valence-corrected chi connectivity index (χ1v) is 4.29. The molecule has 1 saturated carbocycles. The van der Waals surface area contributed by atoms with Crippen LogP contribution in [0.15, 0.2) is 4.52 Å². The van der Waals surface area contributed by atoms with Crippen LogP contribution < -0.4 is 0 Å². The summed E-state index contributed by atoms with van der Waals surface area (Å²) >= 11 is 0. The Bertz CT molecular complexity index is 334. The van der Waals surface area contributed by atoms with Crippen molar-refractivity contribution in [1.29, 1.82) is 0 Å². The van der Waals surface area contributed by atoms with Crippen molar-refractivity contribution >= 4 is 5.97 Å². The molecule has 2 atom stereocenters. The Hall–Kier alpha value is -1.39. The number of nitrogens with zero attached hydrogens (tertiary/aromatic N) is 2. The zero-order valence-electron chi connectivity index (χ0n) is 7.23. The lowest BCUT2D eigenvalue weighted by molar-refractivity contribution is 0.0680. The van der Waals surface area contributed by atoms with Gasteiger partial charge in [0, 0.05) is 5.92 Å². The highest BCUT2D eigenvalue weighted by Gasteiger charge is 2.41. The van der Waals surface area contributed by atoms with E-state index in [2.05, 4.69) is 17.1 Å². The van der Waals surface area contributed by atoms with E-state index < -0.39 is 5.97 Å². The zero-order valence-corrected chi connectivity index (χ0v) is 7.23. The van der Waals surface area contributed by atoms with E-state index in [-0.39, 0.29) is 5.82 Å². The molecule has 1 aromatic heterocycles. The fourth-order valence-electron chi connectivity index (χ4n) is 1.47. The van der Waals surface area contributed by atoms with Gasteiger partial charge in [-0.05, 0) is 17.5 Å². The number of hydrogen-bond donors (Lipinski definition) is 1. The number of carbonyl (C=O) groups is 1. The molecular weight excluding hydrogens is 172 g/mol. The van der Waals surface area contributed by atoms with Crippen LogP contribution in [0.4, 0.5) is 0 Å².